The van der Waals surface area contributed by atoms with Gasteiger partial charge in [0.2, 0.25) is 11.8 Å². The number of benzene rings is 1. The van der Waals surface area contributed by atoms with Gasteiger partial charge in [0.05, 0.1) is 11.8 Å². The van der Waals surface area contributed by atoms with Crippen molar-refractivity contribution >= 4 is 23.5 Å². The summed E-state index contributed by atoms with van der Waals surface area (Å²) in [5.74, 6) is -2.34. The molecule has 1 heterocycles. The number of carboxylic acid groups (broad SMARTS) is 1. The summed E-state index contributed by atoms with van der Waals surface area (Å²) >= 11 is 0. The van der Waals surface area contributed by atoms with E-state index in [1.807, 2.05) is 30.3 Å². The van der Waals surface area contributed by atoms with Gasteiger partial charge in [0.1, 0.15) is 6.04 Å². The van der Waals surface area contributed by atoms with Crippen LogP contribution in [0.3, 0.4) is 0 Å². The molecule has 2 fully saturated rings. The Kier molecular flexibility index (Phi) is 4.07. The van der Waals surface area contributed by atoms with Gasteiger partial charge >= 0.3 is 5.97 Å². The minimum Gasteiger partial charge on any atom is -0.481 e. The van der Waals surface area contributed by atoms with Crippen LogP contribution in [0.1, 0.15) is 19.3 Å². The van der Waals surface area contributed by atoms with Crippen molar-refractivity contribution in [2.75, 3.05) is 18.5 Å². The Morgan fingerprint density at radius 2 is 1.78 bits per heavy atom. The number of rotatable bonds is 4. The van der Waals surface area contributed by atoms with Gasteiger partial charge < -0.3 is 14.9 Å². The first-order valence-electron chi connectivity index (χ1n) is 7.86. The lowest BCUT2D eigenvalue weighted by Gasteiger charge is -2.36. The number of hydrogen-bond donors (Lipinski definition) is 1. The first-order chi connectivity index (χ1) is 11.0. The van der Waals surface area contributed by atoms with Crippen LogP contribution < -0.4 is 4.90 Å². The summed E-state index contributed by atoms with van der Waals surface area (Å²) in [6, 6.07) is 8.87. The fourth-order valence-corrected chi connectivity index (χ4v) is 3.39. The first-order valence-corrected chi connectivity index (χ1v) is 7.86. The van der Waals surface area contributed by atoms with Crippen LogP contribution in [0.25, 0.3) is 0 Å². The third-order valence-electron chi connectivity index (χ3n) is 4.97. The minimum atomic E-state index is -0.924. The number of aliphatic carboxylic acids is 1. The van der Waals surface area contributed by atoms with Crippen LogP contribution in [0.4, 0.5) is 5.69 Å². The molecule has 1 saturated heterocycles. The molecule has 3 atom stereocenters. The lowest BCUT2D eigenvalue weighted by molar-refractivity contribution is -0.157. The molecular formula is C17H20N2O4. The molecule has 0 radical (unpaired) electrons. The molecule has 3 rings (SSSR count). The molecule has 0 bridgehead atoms. The number of carboxylic acids is 1. The molecule has 1 saturated carbocycles. The molecule has 0 spiro atoms. The molecule has 2 aliphatic rings. The summed E-state index contributed by atoms with van der Waals surface area (Å²) in [5.41, 5.74) is 0.827. The van der Waals surface area contributed by atoms with Gasteiger partial charge in [-0.15, -0.1) is 0 Å². The average Bonchev–Trinajstić information content (AvgIpc) is 2.87. The fourth-order valence-electron chi connectivity index (χ4n) is 3.39. The van der Waals surface area contributed by atoms with Crippen LogP contribution in [0.2, 0.25) is 0 Å². The van der Waals surface area contributed by atoms with Crippen LogP contribution in [0.5, 0.6) is 0 Å². The van der Waals surface area contributed by atoms with Gasteiger partial charge in [0.15, 0.2) is 0 Å². The lowest BCUT2D eigenvalue weighted by Crippen LogP contribution is -2.50. The molecule has 3 unspecified atom stereocenters. The third-order valence-corrected chi connectivity index (χ3v) is 4.97. The molecule has 1 aliphatic carbocycles. The van der Waals surface area contributed by atoms with Crippen molar-refractivity contribution in [3.05, 3.63) is 30.3 Å². The number of amides is 2. The normalized spacial score (nSPS) is 26.7. The average molecular weight is 316 g/mol. The summed E-state index contributed by atoms with van der Waals surface area (Å²) in [6.45, 7) is 0.568. The molecule has 2 amide bonds. The Hall–Kier alpha value is -2.37. The van der Waals surface area contributed by atoms with Crippen molar-refractivity contribution in [1.29, 1.82) is 0 Å². The molecule has 1 N–H and O–H groups in total. The van der Waals surface area contributed by atoms with Crippen LogP contribution in [0.15, 0.2) is 30.3 Å². The highest BCUT2D eigenvalue weighted by Crippen LogP contribution is 2.36. The second-order valence-corrected chi connectivity index (χ2v) is 6.21. The van der Waals surface area contributed by atoms with Crippen molar-refractivity contribution in [2.24, 2.45) is 11.8 Å². The molecule has 1 aliphatic heterocycles. The highest BCUT2D eigenvalue weighted by molar-refractivity contribution is 6.01. The van der Waals surface area contributed by atoms with E-state index in [1.54, 1.807) is 11.9 Å². The summed E-state index contributed by atoms with van der Waals surface area (Å²) in [5, 5.41) is 9.10. The zero-order chi connectivity index (χ0) is 16.6. The number of para-hydroxylation sites is 1. The Morgan fingerprint density at radius 3 is 2.35 bits per heavy atom. The summed E-state index contributed by atoms with van der Waals surface area (Å²) in [7, 11) is 1.61. The Bertz CT molecular complexity index is 631. The zero-order valence-corrected chi connectivity index (χ0v) is 13.0. The van der Waals surface area contributed by atoms with Gasteiger partial charge in [0, 0.05) is 19.3 Å². The van der Waals surface area contributed by atoms with Crippen molar-refractivity contribution in [2.45, 2.75) is 25.3 Å². The van der Waals surface area contributed by atoms with E-state index in [0.29, 0.717) is 25.8 Å². The van der Waals surface area contributed by atoms with E-state index < -0.39 is 23.8 Å². The van der Waals surface area contributed by atoms with Crippen LogP contribution >= 0.6 is 0 Å². The maximum atomic E-state index is 12.6. The number of carbonyl (C=O) groups excluding carboxylic acids is 2. The number of carbonyl (C=O) groups is 3. The van der Waals surface area contributed by atoms with Crippen molar-refractivity contribution in [1.82, 2.24) is 4.90 Å². The van der Waals surface area contributed by atoms with Crippen molar-refractivity contribution in [3.8, 4) is 0 Å². The smallest absolute Gasteiger partial charge is 0.307 e. The Morgan fingerprint density at radius 1 is 1.13 bits per heavy atom. The second-order valence-electron chi connectivity index (χ2n) is 6.21. The van der Waals surface area contributed by atoms with Crippen LogP contribution in [0, 0.1) is 11.8 Å². The Balaban J connectivity index is 1.69. The predicted molar refractivity (Wildman–Crippen MR) is 83.8 cm³/mol. The number of hydrogen-bond acceptors (Lipinski definition) is 3. The highest BCUT2D eigenvalue weighted by atomic mass is 16.4. The van der Waals surface area contributed by atoms with E-state index in [-0.39, 0.29) is 11.8 Å². The van der Waals surface area contributed by atoms with Crippen molar-refractivity contribution in [3.63, 3.8) is 0 Å². The summed E-state index contributed by atoms with van der Waals surface area (Å²) < 4.78 is 0. The van der Waals surface area contributed by atoms with Gasteiger partial charge in [-0.25, -0.2) is 0 Å². The monoisotopic (exact) mass is 316 g/mol. The second kappa shape index (κ2) is 6.02. The van der Waals surface area contributed by atoms with E-state index in [0.717, 1.165) is 5.69 Å². The van der Waals surface area contributed by atoms with Gasteiger partial charge in [-0.1, -0.05) is 18.2 Å². The van der Waals surface area contributed by atoms with Crippen LogP contribution in [-0.2, 0) is 14.4 Å². The maximum Gasteiger partial charge on any atom is 0.307 e. The largest absolute Gasteiger partial charge is 0.481 e. The van der Waals surface area contributed by atoms with Gasteiger partial charge in [0.25, 0.3) is 0 Å². The summed E-state index contributed by atoms with van der Waals surface area (Å²) in [6.07, 6.45) is 1.69. The molecule has 23 heavy (non-hydrogen) atoms. The zero-order valence-electron chi connectivity index (χ0n) is 13.0. The molecule has 1 aromatic carbocycles. The van der Waals surface area contributed by atoms with Crippen molar-refractivity contribution < 1.29 is 19.5 Å². The maximum absolute atomic E-state index is 12.6. The van der Waals surface area contributed by atoms with E-state index >= 15 is 0 Å². The topological polar surface area (TPSA) is 77.9 Å². The lowest BCUT2D eigenvalue weighted by atomic mass is 9.73. The van der Waals surface area contributed by atoms with E-state index in [4.69, 9.17) is 5.11 Å². The van der Waals surface area contributed by atoms with E-state index in [1.165, 1.54) is 4.90 Å². The first kappa shape index (κ1) is 15.5. The molecule has 6 heteroatoms. The predicted octanol–water partition coefficient (Wildman–Crippen LogP) is 1.36. The number of likely N-dealkylation sites (N-methyl/N-ethyl adjacent to an activating group) is 1. The summed E-state index contributed by atoms with van der Waals surface area (Å²) in [4.78, 5) is 39.3. The SMILES string of the molecule is CN(C(=O)C1CCC1C(=O)O)C1CCN(c2ccccc2)C1=O. The molecule has 122 valence electrons. The van der Waals surface area contributed by atoms with Crippen LogP contribution in [-0.4, -0.2) is 47.4 Å². The molecule has 0 aromatic heterocycles. The number of nitrogens with zero attached hydrogens (tertiary/aromatic N) is 2. The molecule has 6 nitrogen and oxygen atoms in total. The minimum absolute atomic E-state index is 0.0988. The molecule has 1 aromatic rings. The van der Waals surface area contributed by atoms with Gasteiger partial charge in [-0.3, -0.25) is 14.4 Å². The standard InChI is InChI=1S/C17H20N2O4/c1-18(15(20)12-7-8-13(12)17(22)23)14-9-10-19(16(14)21)11-5-3-2-4-6-11/h2-6,12-14H,7-10H2,1H3,(H,22,23). The fraction of sp³-hybridized carbons (Fsp3) is 0.471. The quantitative estimate of drug-likeness (QED) is 0.910. The van der Waals surface area contributed by atoms with Gasteiger partial charge in [-0.05, 0) is 31.4 Å². The molecular weight excluding hydrogens is 296 g/mol. The van der Waals surface area contributed by atoms with E-state index in [2.05, 4.69) is 0 Å². The van der Waals surface area contributed by atoms with Gasteiger partial charge in [-0.2, -0.15) is 0 Å². The van der Waals surface area contributed by atoms with E-state index in [9.17, 15) is 14.4 Å². The highest BCUT2D eigenvalue weighted by Gasteiger charge is 2.46. The third kappa shape index (κ3) is 2.69. The Labute approximate surface area is 134 Å². The number of anilines is 1.